The Hall–Kier alpha value is -1.19. The topological polar surface area (TPSA) is 49.3 Å². The maximum absolute atomic E-state index is 11.9. The SMILES string of the molecule is CC(C)(C)NC[C@H](O)CCc1cccc2c1CCCC2=O. The number of aryl methyl sites for hydroxylation is 1. The molecule has 1 aliphatic rings. The van der Waals surface area contributed by atoms with E-state index in [0.29, 0.717) is 13.0 Å². The van der Waals surface area contributed by atoms with E-state index in [4.69, 9.17) is 0 Å². The van der Waals surface area contributed by atoms with E-state index in [0.717, 1.165) is 31.2 Å². The molecule has 0 aliphatic heterocycles. The van der Waals surface area contributed by atoms with Crippen molar-refractivity contribution in [3.8, 4) is 0 Å². The summed E-state index contributed by atoms with van der Waals surface area (Å²) < 4.78 is 0. The van der Waals surface area contributed by atoms with Crippen molar-refractivity contribution in [2.24, 2.45) is 0 Å². The number of aliphatic hydroxyl groups is 1. The minimum Gasteiger partial charge on any atom is -0.392 e. The van der Waals surface area contributed by atoms with Crippen LogP contribution >= 0.6 is 0 Å². The molecule has 3 heteroatoms. The first-order valence-corrected chi connectivity index (χ1v) is 7.94. The van der Waals surface area contributed by atoms with Crippen molar-refractivity contribution in [1.82, 2.24) is 5.32 Å². The van der Waals surface area contributed by atoms with Crippen LogP contribution < -0.4 is 5.32 Å². The Morgan fingerprint density at radius 2 is 2.05 bits per heavy atom. The Morgan fingerprint density at radius 3 is 2.76 bits per heavy atom. The molecule has 0 radical (unpaired) electrons. The molecule has 0 spiro atoms. The highest BCUT2D eigenvalue weighted by molar-refractivity contribution is 5.98. The molecule has 1 atom stereocenters. The second-order valence-corrected chi connectivity index (χ2v) is 7.04. The van der Waals surface area contributed by atoms with E-state index in [1.807, 2.05) is 12.1 Å². The summed E-state index contributed by atoms with van der Waals surface area (Å²) in [4.78, 5) is 11.9. The van der Waals surface area contributed by atoms with Crippen LogP contribution in [0, 0.1) is 0 Å². The number of benzene rings is 1. The molecule has 21 heavy (non-hydrogen) atoms. The normalized spacial score (nSPS) is 16.7. The fraction of sp³-hybridized carbons (Fsp3) is 0.611. The third kappa shape index (κ3) is 4.65. The molecule has 0 heterocycles. The fourth-order valence-electron chi connectivity index (χ4n) is 2.83. The van der Waals surface area contributed by atoms with Gasteiger partial charge in [0, 0.05) is 24.1 Å². The summed E-state index contributed by atoms with van der Waals surface area (Å²) in [5, 5.41) is 13.4. The van der Waals surface area contributed by atoms with Gasteiger partial charge >= 0.3 is 0 Å². The minimum atomic E-state index is -0.348. The first-order valence-electron chi connectivity index (χ1n) is 7.94. The van der Waals surface area contributed by atoms with E-state index in [2.05, 4.69) is 32.2 Å². The highest BCUT2D eigenvalue weighted by Gasteiger charge is 2.20. The molecule has 2 N–H and O–H groups in total. The van der Waals surface area contributed by atoms with Gasteiger partial charge < -0.3 is 10.4 Å². The van der Waals surface area contributed by atoms with Gasteiger partial charge in [-0.2, -0.15) is 0 Å². The van der Waals surface area contributed by atoms with Crippen LogP contribution in [-0.4, -0.2) is 29.1 Å². The lowest BCUT2D eigenvalue weighted by Gasteiger charge is -2.23. The van der Waals surface area contributed by atoms with Crippen molar-refractivity contribution in [2.75, 3.05) is 6.54 Å². The van der Waals surface area contributed by atoms with Crippen LogP contribution in [0.15, 0.2) is 18.2 Å². The van der Waals surface area contributed by atoms with Gasteiger partial charge in [-0.25, -0.2) is 0 Å². The van der Waals surface area contributed by atoms with Gasteiger partial charge in [-0.3, -0.25) is 4.79 Å². The molecule has 2 rings (SSSR count). The summed E-state index contributed by atoms with van der Waals surface area (Å²) in [6.45, 7) is 6.90. The molecule has 0 fully saturated rings. The Kier molecular flexibility index (Phi) is 5.17. The summed E-state index contributed by atoms with van der Waals surface area (Å²) in [5.41, 5.74) is 3.38. The Labute approximate surface area is 127 Å². The van der Waals surface area contributed by atoms with Crippen molar-refractivity contribution < 1.29 is 9.90 Å². The summed E-state index contributed by atoms with van der Waals surface area (Å²) in [5.74, 6) is 0.271. The zero-order valence-corrected chi connectivity index (χ0v) is 13.4. The van der Waals surface area contributed by atoms with E-state index in [1.165, 1.54) is 11.1 Å². The number of hydrogen-bond donors (Lipinski definition) is 2. The highest BCUT2D eigenvalue weighted by Crippen LogP contribution is 2.25. The molecule has 0 amide bonds. The predicted molar refractivity (Wildman–Crippen MR) is 85.8 cm³/mol. The number of hydrogen-bond acceptors (Lipinski definition) is 3. The second-order valence-electron chi connectivity index (χ2n) is 7.04. The molecule has 1 aliphatic carbocycles. The molecule has 0 unspecified atom stereocenters. The van der Waals surface area contributed by atoms with Gasteiger partial charge in [-0.1, -0.05) is 18.2 Å². The van der Waals surface area contributed by atoms with Crippen molar-refractivity contribution >= 4 is 5.78 Å². The average molecular weight is 289 g/mol. The van der Waals surface area contributed by atoms with E-state index < -0.39 is 0 Å². The molecule has 0 saturated heterocycles. The van der Waals surface area contributed by atoms with Crippen LogP contribution in [-0.2, 0) is 12.8 Å². The smallest absolute Gasteiger partial charge is 0.163 e. The molecule has 116 valence electrons. The molecular formula is C18H27NO2. The van der Waals surface area contributed by atoms with Crippen LogP contribution in [0.25, 0.3) is 0 Å². The van der Waals surface area contributed by atoms with Crippen LogP contribution in [0.5, 0.6) is 0 Å². The molecule has 3 nitrogen and oxygen atoms in total. The van der Waals surface area contributed by atoms with Gasteiger partial charge in [0.1, 0.15) is 0 Å². The van der Waals surface area contributed by atoms with Crippen molar-refractivity contribution in [3.63, 3.8) is 0 Å². The van der Waals surface area contributed by atoms with E-state index >= 15 is 0 Å². The number of β-amino-alcohol motifs (C(OH)–C–C–N with tert-alkyl or cyclic N) is 1. The van der Waals surface area contributed by atoms with Gasteiger partial charge in [-0.05, 0) is 57.6 Å². The standard InChI is InChI=1S/C18H27NO2/c1-18(2,3)19-12-14(20)11-10-13-6-4-8-16-15(13)7-5-9-17(16)21/h4,6,8,14,19-20H,5,7,9-12H2,1-3H3/t14-/m1/s1. The Morgan fingerprint density at radius 1 is 1.29 bits per heavy atom. The molecule has 0 bridgehead atoms. The number of nitrogens with one attached hydrogen (secondary N) is 1. The average Bonchev–Trinajstić information content (AvgIpc) is 2.42. The number of aliphatic hydroxyl groups excluding tert-OH is 1. The van der Waals surface area contributed by atoms with E-state index in [-0.39, 0.29) is 17.4 Å². The maximum atomic E-state index is 11.9. The molecule has 1 aromatic rings. The monoisotopic (exact) mass is 289 g/mol. The summed E-state index contributed by atoms with van der Waals surface area (Å²) in [6.07, 6.45) is 3.84. The number of ketones is 1. The van der Waals surface area contributed by atoms with Crippen molar-refractivity contribution in [1.29, 1.82) is 0 Å². The number of rotatable bonds is 5. The first kappa shape index (κ1) is 16.2. The van der Waals surface area contributed by atoms with Gasteiger partial charge in [0.25, 0.3) is 0 Å². The Bertz CT molecular complexity index is 502. The summed E-state index contributed by atoms with van der Waals surface area (Å²) in [7, 11) is 0. The highest BCUT2D eigenvalue weighted by atomic mass is 16.3. The second kappa shape index (κ2) is 6.71. The lowest BCUT2D eigenvalue weighted by atomic mass is 9.86. The predicted octanol–water partition coefficient (Wildman–Crippen LogP) is 2.89. The number of carbonyl (C=O) groups excluding carboxylic acids is 1. The largest absolute Gasteiger partial charge is 0.392 e. The Balaban J connectivity index is 1.95. The quantitative estimate of drug-likeness (QED) is 0.876. The molecule has 0 aromatic heterocycles. The fourth-order valence-corrected chi connectivity index (χ4v) is 2.83. The lowest BCUT2D eigenvalue weighted by Crippen LogP contribution is -2.40. The lowest BCUT2D eigenvalue weighted by molar-refractivity contribution is 0.0972. The van der Waals surface area contributed by atoms with Crippen LogP contribution in [0.3, 0.4) is 0 Å². The maximum Gasteiger partial charge on any atom is 0.163 e. The molecular weight excluding hydrogens is 262 g/mol. The summed E-state index contributed by atoms with van der Waals surface area (Å²) in [6, 6.07) is 6.01. The van der Waals surface area contributed by atoms with Gasteiger partial charge in [-0.15, -0.1) is 0 Å². The van der Waals surface area contributed by atoms with Crippen LogP contribution in [0.1, 0.15) is 61.5 Å². The molecule has 0 saturated carbocycles. The zero-order chi connectivity index (χ0) is 15.5. The van der Waals surface area contributed by atoms with Gasteiger partial charge in [0.15, 0.2) is 5.78 Å². The van der Waals surface area contributed by atoms with Crippen molar-refractivity contribution in [3.05, 3.63) is 34.9 Å². The summed E-state index contributed by atoms with van der Waals surface area (Å²) >= 11 is 0. The van der Waals surface area contributed by atoms with E-state index in [1.54, 1.807) is 0 Å². The van der Waals surface area contributed by atoms with Crippen LogP contribution in [0.2, 0.25) is 0 Å². The zero-order valence-electron chi connectivity index (χ0n) is 13.4. The van der Waals surface area contributed by atoms with Gasteiger partial charge in [0.05, 0.1) is 6.10 Å². The number of Topliss-reactive ketones (excluding diaryl/α,β-unsaturated/α-hetero) is 1. The van der Waals surface area contributed by atoms with Gasteiger partial charge in [0.2, 0.25) is 0 Å². The minimum absolute atomic E-state index is 0.0271. The first-order chi connectivity index (χ1) is 9.87. The number of fused-ring (bicyclic) bond motifs is 1. The van der Waals surface area contributed by atoms with E-state index in [9.17, 15) is 9.90 Å². The van der Waals surface area contributed by atoms with Crippen LogP contribution in [0.4, 0.5) is 0 Å². The third-order valence-corrected chi connectivity index (χ3v) is 4.02. The molecule has 1 aromatic carbocycles. The third-order valence-electron chi connectivity index (χ3n) is 4.02. The number of carbonyl (C=O) groups is 1. The van der Waals surface area contributed by atoms with Crippen molar-refractivity contribution in [2.45, 2.75) is 64.5 Å².